The fourth-order valence-electron chi connectivity index (χ4n) is 3.22. The fourth-order valence-corrected chi connectivity index (χ4v) is 4.34. The Kier molecular flexibility index (Phi) is 4.98. The van der Waals surface area contributed by atoms with Gasteiger partial charge >= 0.3 is 0 Å². The van der Waals surface area contributed by atoms with Crippen LogP contribution in [0.25, 0.3) is 10.3 Å². The lowest BCUT2D eigenvalue weighted by Crippen LogP contribution is -2.35. The highest BCUT2D eigenvalue weighted by Crippen LogP contribution is 2.30. The minimum atomic E-state index is 1.01. The van der Waals surface area contributed by atoms with Gasteiger partial charge < -0.3 is 9.80 Å². The highest BCUT2D eigenvalue weighted by atomic mass is 32.1. The van der Waals surface area contributed by atoms with Gasteiger partial charge in [-0.25, -0.2) is 9.67 Å². The van der Waals surface area contributed by atoms with Crippen LogP contribution in [0.15, 0.2) is 0 Å². The number of aryl methyl sites for hydroxylation is 2. The second-order valence-corrected chi connectivity index (χ2v) is 7.17. The number of fused-ring (bicyclic) bond motifs is 1. The zero-order valence-electron chi connectivity index (χ0n) is 14.0. The van der Waals surface area contributed by atoms with E-state index in [0.717, 1.165) is 36.1 Å². The lowest BCUT2D eigenvalue weighted by Gasteiger charge is -2.25. The molecule has 2 aromatic rings. The second-order valence-electron chi connectivity index (χ2n) is 6.19. The molecule has 1 aliphatic rings. The maximum absolute atomic E-state index is 4.81. The molecular formula is C16H27N5S. The lowest BCUT2D eigenvalue weighted by molar-refractivity contribution is 0.291. The van der Waals surface area contributed by atoms with Crippen molar-refractivity contribution in [2.45, 2.75) is 39.5 Å². The normalized spacial score (nSPS) is 17.0. The first kappa shape index (κ1) is 15.7. The van der Waals surface area contributed by atoms with Crippen LogP contribution in [0.1, 0.15) is 38.3 Å². The summed E-state index contributed by atoms with van der Waals surface area (Å²) in [6.07, 6.45) is 5.52. The van der Waals surface area contributed by atoms with E-state index < -0.39 is 0 Å². The van der Waals surface area contributed by atoms with E-state index in [0.29, 0.717) is 0 Å². The third-order valence-corrected chi connectivity index (χ3v) is 5.78. The van der Waals surface area contributed by atoms with Crippen molar-refractivity contribution in [2.75, 3.05) is 37.6 Å². The lowest BCUT2D eigenvalue weighted by atomic mass is 10.2. The first-order valence-corrected chi connectivity index (χ1v) is 9.28. The SMILES string of the molecule is CCN(CCN1CCCCCC1)c1nc2c(s1)c(C)nn2C. The van der Waals surface area contributed by atoms with Crippen molar-refractivity contribution in [1.82, 2.24) is 19.7 Å². The summed E-state index contributed by atoms with van der Waals surface area (Å²) in [5.74, 6) is 0. The molecular weight excluding hydrogens is 294 g/mol. The number of nitrogens with zero attached hydrogens (tertiary/aromatic N) is 5. The maximum atomic E-state index is 4.81. The van der Waals surface area contributed by atoms with Crippen molar-refractivity contribution in [2.24, 2.45) is 7.05 Å². The Morgan fingerprint density at radius 3 is 2.55 bits per heavy atom. The smallest absolute Gasteiger partial charge is 0.188 e. The standard InChI is InChI=1S/C16H27N5S/c1-4-21(12-11-20-9-7-5-6-8-10-20)16-17-15-14(22-16)13(2)18-19(15)3/h4-12H2,1-3H3. The topological polar surface area (TPSA) is 37.2 Å². The Morgan fingerprint density at radius 2 is 1.91 bits per heavy atom. The largest absolute Gasteiger partial charge is 0.347 e. The maximum Gasteiger partial charge on any atom is 0.188 e. The molecule has 1 aliphatic heterocycles. The molecule has 0 amide bonds. The van der Waals surface area contributed by atoms with Gasteiger partial charge in [-0.3, -0.25) is 0 Å². The molecule has 3 rings (SSSR count). The molecule has 2 aromatic heterocycles. The fraction of sp³-hybridized carbons (Fsp3) is 0.750. The number of rotatable bonds is 5. The highest BCUT2D eigenvalue weighted by Gasteiger charge is 2.17. The van der Waals surface area contributed by atoms with E-state index in [9.17, 15) is 0 Å². The molecule has 22 heavy (non-hydrogen) atoms. The van der Waals surface area contributed by atoms with Gasteiger partial charge in [0.2, 0.25) is 0 Å². The summed E-state index contributed by atoms with van der Waals surface area (Å²) in [4.78, 5) is 9.85. The quantitative estimate of drug-likeness (QED) is 0.848. The van der Waals surface area contributed by atoms with E-state index >= 15 is 0 Å². The zero-order valence-corrected chi connectivity index (χ0v) is 14.8. The van der Waals surface area contributed by atoms with Gasteiger partial charge in [0.05, 0.1) is 10.4 Å². The third kappa shape index (κ3) is 3.27. The molecule has 0 atom stereocenters. The molecule has 0 spiro atoms. The van der Waals surface area contributed by atoms with Gasteiger partial charge in [-0.2, -0.15) is 5.10 Å². The van der Waals surface area contributed by atoms with Crippen LogP contribution in [0.4, 0.5) is 5.13 Å². The second kappa shape index (κ2) is 6.96. The summed E-state index contributed by atoms with van der Waals surface area (Å²) >= 11 is 1.78. The molecule has 0 N–H and O–H groups in total. The molecule has 0 bridgehead atoms. The Balaban J connectivity index is 1.68. The first-order valence-electron chi connectivity index (χ1n) is 8.46. The number of aromatic nitrogens is 3. The van der Waals surface area contributed by atoms with E-state index in [4.69, 9.17) is 4.98 Å². The van der Waals surface area contributed by atoms with E-state index in [2.05, 4.69) is 28.7 Å². The molecule has 1 fully saturated rings. The van der Waals surface area contributed by atoms with Gasteiger partial charge in [-0.05, 0) is 39.8 Å². The van der Waals surface area contributed by atoms with Crippen LogP contribution < -0.4 is 4.90 Å². The summed E-state index contributed by atoms with van der Waals surface area (Å²) in [6.45, 7) is 10.1. The van der Waals surface area contributed by atoms with Gasteiger partial charge in [-0.1, -0.05) is 24.2 Å². The number of likely N-dealkylation sites (tertiary alicyclic amines) is 1. The van der Waals surface area contributed by atoms with Crippen LogP contribution in [0, 0.1) is 6.92 Å². The van der Waals surface area contributed by atoms with Crippen molar-refractivity contribution in [1.29, 1.82) is 0 Å². The molecule has 122 valence electrons. The van der Waals surface area contributed by atoms with Crippen LogP contribution in [0.3, 0.4) is 0 Å². The van der Waals surface area contributed by atoms with Crippen molar-refractivity contribution >= 4 is 26.8 Å². The Hall–Kier alpha value is -1.14. The zero-order chi connectivity index (χ0) is 15.5. The first-order chi connectivity index (χ1) is 10.7. The molecule has 3 heterocycles. The van der Waals surface area contributed by atoms with Gasteiger partial charge in [0.1, 0.15) is 0 Å². The van der Waals surface area contributed by atoms with E-state index in [1.165, 1.54) is 43.5 Å². The number of hydrogen-bond donors (Lipinski definition) is 0. The predicted octanol–water partition coefficient (Wildman–Crippen LogP) is 3.04. The number of hydrogen-bond acceptors (Lipinski definition) is 5. The molecule has 0 radical (unpaired) electrons. The Morgan fingerprint density at radius 1 is 1.18 bits per heavy atom. The molecule has 0 aromatic carbocycles. The minimum Gasteiger partial charge on any atom is -0.347 e. The monoisotopic (exact) mass is 321 g/mol. The van der Waals surface area contributed by atoms with Crippen LogP contribution in [-0.4, -0.2) is 52.4 Å². The average Bonchev–Trinajstić information content (AvgIpc) is 2.92. The number of thiazole rings is 1. The van der Waals surface area contributed by atoms with Crippen LogP contribution in [0.5, 0.6) is 0 Å². The van der Waals surface area contributed by atoms with Crippen molar-refractivity contribution < 1.29 is 0 Å². The summed E-state index contributed by atoms with van der Waals surface area (Å²) < 4.78 is 3.12. The molecule has 5 nitrogen and oxygen atoms in total. The highest BCUT2D eigenvalue weighted by molar-refractivity contribution is 7.22. The number of anilines is 1. The summed E-state index contributed by atoms with van der Waals surface area (Å²) in [5.41, 5.74) is 2.11. The van der Waals surface area contributed by atoms with Gasteiger partial charge in [0.15, 0.2) is 10.8 Å². The van der Waals surface area contributed by atoms with Gasteiger partial charge in [0, 0.05) is 26.7 Å². The van der Waals surface area contributed by atoms with Gasteiger partial charge in [0.25, 0.3) is 0 Å². The molecule has 0 aliphatic carbocycles. The van der Waals surface area contributed by atoms with Crippen LogP contribution in [-0.2, 0) is 7.05 Å². The summed E-state index contributed by atoms with van der Waals surface area (Å²) in [7, 11) is 1.98. The van der Waals surface area contributed by atoms with E-state index in [1.807, 2.05) is 11.7 Å². The minimum absolute atomic E-state index is 1.01. The molecule has 6 heteroatoms. The van der Waals surface area contributed by atoms with Crippen molar-refractivity contribution in [3.63, 3.8) is 0 Å². The van der Waals surface area contributed by atoms with E-state index in [1.54, 1.807) is 11.3 Å². The number of likely N-dealkylation sites (N-methyl/N-ethyl adjacent to an activating group) is 1. The van der Waals surface area contributed by atoms with Crippen molar-refractivity contribution in [3.05, 3.63) is 5.69 Å². The average molecular weight is 321 g/mol. The van der Waals surface area contributed by atoms with Crippen LogP contribution in [0.2, 0.25) is 0 Å². The Bertz CT molecular complexity index is 575. The molecule has 1 saturated heterocycles. The van der Waals surface area contributed by atoms with Crippen LogP contribution >= 0.6 is 11.3 Å². The summed E-state index contributed by atoms with van der Waals surface area (Å²) in [6, 6.07) is 0. The summed E-state index contributed by atoms with van der Waals surface area (Å²) in [5, 5.41) is 5.59. The van der Waals surface area contributed by atoms with Gasteiger partial charge in [-0.15, -0.1) is 0 Å². The Labute approximate surface area is 136 Å². The van der Waals surface area contributed by atoms with E-state index in [-0.39, 0.29) is 0 Å². The molecule has 0 unspecified atom stereocenters. The predicted molar refractivity (Wildman–Crippen MR) is 93.9 cm³/mol. The molecule has 0 saturated carbocycles. The third-order valence-electron chi connectivity index (χ3n) is 4.57. The van der Waals surface area contributed by atoms with Crippen molar-refractivity contribution in [3.8, 4) is 0 Å².